The van der Waals surface area contributed by atoms with E-state index in [2.05, 4.69) is 15.7 Å². The van der Waals surface area contributed by atoms with E-state index in [1.54, 1.807) is 13.8 Å². The van der Waals surface area contributed by atoms with Crippen LogP contribution in [0.15, 0.2) is 9.59 Å². The Labute approximate surface area is 104 Å². The van der Waals surface area contributed by atoms with Crippen LogP contribution in [0.3, 0.4) is 0 Å². The smallest absolute Gasteiger partial charge is 0.346 e. The van der Waals surface area contributed by atoms with Crippen LogP contribution in [0.1, 0.15) is 13.8 Å². The van der Waals surface area contributed by atoms with E-state index in [-0.39, 0.29) is 11.7 Å². The first kappa shape index (κ1) is 13.9. The highest BCUT2D eigenvalue weighted by atomic mass is 16.2. The molecule has 1 rings (SSSR count). The first-order valence-corrected chi connectivity index (χ1v) is 5.57. The summed E-state index contributed by atoms with van der Waals surface area (Å²) >= 11 is 0. The third kappa shape index (κ3) is 2.76. The minimum atomic E-state index is -0.609. The highest BCUT2D eigenvalue weighted by molar-refractivity contribution is 5.83. The predicted molar refractivity (Wildman–Crippen MR) is 66.5 cm³/mol. The van der Waals surface area contributed by atoms with Crippen molar-refractivity contribution in [3.8, 4) is 0 Å². The van der Waals surface area contributed by atoms with Gasteiger partial charge in [0.1, 0.15) is 6.04 Å². The fourth-order valence-electron chi connectivity index (χ4n) is 1.39. The van der Waals surface area contributed by atoms with E-state index in [9.17, 15) is 14.4 Å². The van der Waals surface area contributed by atoms with Crippen LogP contribution in [0.2, 0.25) is 0 Å². The molecule has 0 saturated carbocycles. The lowest BCUT2D eigenvalue weighted by Crippen LogP contribution is -2.43. The summed E-state index contributed by atoms with van der Waals surface area (Å²) in [7, 11) is 2.79. The maximum Gasteiger partial charge on any atom is 0.346 e. The second-order valence-corrected chi connectivity index (χ2v) is 3.88. The third-order valence-corrected chi connectivity index (χ3v) is 2.42. The molecule has 0 aromatic carbocycles. The number of hydrogen-bond donors (Lipinski definition) is 2. The zero-order chi connectivity index (χ0) is 13.9. The fourth-order valence-corrected chi connectivity index (χ4v) is 1.39. The second-order valence-electron chi connectivity index (χ2n) is 3.88. The van der Waals surface area contributed by atoms with Gasteiger partial charge in [0.2, 0.25) is 11.7 Å². The minimum absolute atomic E-state index is 0.0293. The molecule has 1 aromatic rings. The van der Waals surface area contributed by atoms with Crippen molar-refractivity contribution in [2.24, 2.45) is 14.1 Å². The number of rotatable bonds is 4. The number of aryl methyl sites for hydroxylation is 1. The molecule has 0 spiro atoms. The van der Waals surface area contributed by atoms with Gasteiger partial charge in [0.15, 0.2) is 0 Å². The predicted octanol–water partition coefficient (Wildman–Crippen LogP) is -1.58. The molecule has 1 amide bonds. The molecule has 0 bridgehead atoms. The van der Waals surface area contributed by atoms with Crippen LogP contribution in [-0.2, 0) is 18.9 Å². The van der Waals surface area contributed by atoms with Crippen molar-refractivity contribution in [2.45, 2.75) is 19.9 Å². The van der Waals surface area contributed by atoms with Crippen LogP contribution >= 0.6 is 0 Å². The number of aromatic nitrogens is 3. The molecule has 1 heterocycles. The molecule has 8 nitrogen and oxygen atoms in total. The number of likely N-dealkylation sites (N-methyl/N-ethyl adjacent to an activating group) is 1. The Balaban J connectivity index is 3.03. The van der Waals surface area contributed by atoms with Crippen molar-refractivity contribution < 1.29 is 4.79 Å². The molecule has 8 heteroatoms. The van der Waals surface area contributed by atoms with E-state index in [1.165, 1.54) is 14.1 Å². The lowest BCUT2D eigenvalue weighted by molar-refractivity contribution is -0.121. The molecule has 100 valence electrons. The third-order valence-electron chi connectivity index (χ3n) is 2.42. The molecule has 0 aliphatic heterocycles. The maximum absolute atomic E-state index is 11.8. The number of amides is 1. The summed E-state index contributed by atoms with van der Waals surface area (Å²) in [4.78, 5) is 34.7. The van der Waals surface area contributed by atoms with Gasteiger partial charge in [-0.1, -0.05) is 0 Å². The van der Waals surface area contributed by atoms with E-state index >= 15 is 0 Å². The van der Waals surface area contributed by atoms with Gasteiger partial charge in [0, 0.05) is 20.6 Å². The van der Waals surface area contributed by atoms with E-state index < -0.39 is 17.3 Å². The van der Waals surface area contributed by atoms with Gasteiger partial charge in [-0.2, -0.15) is 0 Å². The Kier molecular flexibility index (Phi) is 4.24. The summed E-state index contributed by atoms with van der Waals surface area (Å²) in [6.45, 7) is 3.91. The monoisotopic (exact) mass is 255 g/mol. The van der Waals surface area contributed by atoms with Crippen molar-refractivity contribution in [2.75, 3.05) is 11.9 Å². The summed E-state index contributed by atoms with van der Waals surface area (Å²) in [6, 6.07) is -0.609. The van der Waals surface area contributed by atoms with E-state index in [1.807, 2.05) is 0 Å². The lowest BCUT2D eigenvalue weighted by Gasteiger charge is -2.14. The summed E-state index contributed by atoms with van der Waals surface area (Å²) < 4.78 is 1.97. The van der Waals surface area contributed by atoms with Gasteiger partial charge in [-0.25, -0.2) is 9.48 Å². The van der Waals surface area contributed by atoms with Crippen LogP contribution in [0, 0.1) is 0 Å². The molecule has 1 unspecified atom stereocenters. The number of anilines is 1. The van der Waals surface area contributed by atoms with Crippen molar-refractivity contribution in [1.82, 2.24) is 19.7 Å². The Bertz CT molecular complexity index is 560. The topological polar surface area (TPSA) is 98.0 Å². The normalized spacial score (nSPS) is 12.0. The zero-order valence-corrected chi connectivity index (χ0v) is 10.9. The van der Waals surface area contributed by atoms with Crippen molar-refractivity contribution in [3.05, 3.63) is 20.8 Å². The van der Waals surface area contributed by atoms with Gasteiger partial charge in [-0.15, -0.1) is 5.10 Å². The largest absolute Gasteiger partial charge is 0.355 e. The van der Waals surface area contributed by atoms with Gasteiger partial charge in [-0.3, -0.25) is 14.2 Å². The van der Waals surface area contributed by atoms with E-state index in [0.29, 0.717) is 6.54 Å². The number of carbonyl (C=O) groups excluding carboxylic acids is 1. The van der Waals surface area contributed by atoms with E-state index in [4.69, 9.17) is 0 Å². The molecular weight excluding hydrogens is 238 g/mol. The molecule has 0 saturated heterocycles. The van der Waals surface area contributed by atoms with Crippen molar-refractivity contribution >= 4 is 11.7 Å². The van der Waals surface area contributed by atoms with Gasteiger partial charge in [-0.05, 0) is 13.8 Å². The zero-order valence-electron chi connectivity index (χ0n) is 10.9. The van der Waals surface area contributed by atoms with Crippen LogP contribution in [0.25, 0.3) is 0 Å². The standard InChI is InChI=1S/C10H17N5O3/c1-5-11-8(16)6(2)12-7-9(17)14(3)10(18)15(4)13-7/h6H,5H2,1-4H3,(H,11,16)(H,12,13). The van der Waals surface area contributed by atoms with Gasteiger partial charge in [0.05, 0.1) is 0 Å². The Morgan fingerprint density at radius 3 is 2.56 bits per heavy atom. The maximum atomic E-state index is 11.8. The van der Waals surface area contributed by atoms with Gasteiger partial charge >= 0.3 is 5.69 Å². The first-order chi connectivity index (χ1) is 8.38. The Morgan fingerprint density at radius 2 is 2.00 bits per heavy atom. The molecule has 0 aliphatic carbocycles. The first-order valence-electron chi connectivity index (χ1n) is 5.57. The average molecular weight is 255 g/mol. The highest BCUT2D eigenvalue weighted by Gasteiger charge is 2.15. The molecule has 18 heavy (non-hydrogen) atoms. The lowest BCUT2D eigenvalue weighted by atomic mass is 10.3. The second kappa shape index (κ2) is 5.48. The average Bonchev–Trinajstić information content (AvgIpc) is 2.33. The SMILES string of the molecule is CCNC(=O)C(C)Nc1nn(C)c(=O)n(C)c1=O. The number of nitrogens with one attached hydrogen (secondary N) is 2. The molecule has 0 fully saturated rings. The van der Waals surface area contributed by atoms with Crippen molar-refractivity contribution in [3.63, 3.8) is 0 Å². The number of hydrogen-bond acceptors (Lipinski definition) is 5. The molecule has 1 atom stereocenters. The fraction of sp³-hybridized carbons (Fsp3) is 0.600. The van der Waals surface area contributed by atoms with Gasteiger partial charge in [0.25, 0.3) is 5.56 Å². The van der Waals surface area contributed by atoms with Crippen molar-refractivity contribution in [1.29, 1.82) is 0 Å². The number of carbonyl (C=O) groups is 1. The Hall–Kier alpha value is -2.12. The summed E-state index contributed by atoms with van der Waals surface area (Å²) in [5.41, 5.74) is -1.08. The Morgan fingerprint density at radius 1 is 1.39 bits per heavy atom. The van der Waals surface area contributed by atoms with Gasteiger partial charge < -0.3 is 10.6 Å². The number of nitrogens with zero attached hydrogens (tertiary/aromatic N) is 3. The molecule has 2 N–H and O–H groups in total. The molecule has 1 aromatic heterocycles. The van der Waals surface area contributed by atoms with Crippen LogP contribution in [0.5, 0.6) is 0 Å². The summed E-state index contributed by atoms with van der Waals surface area (Å²) in [5.74, 6) is -0.270. The van der Waals surface area contributed by atoms with Crippen LogP contribution in [-0.4, -0.2) is 32.8 Å². The van der Waals surface area contributed by atoms with Crippen LogP contribution < -0.4 is 21.9 Å². The molecular formula is C10H17N5O3. The minimum Gasteiger partial charge on any atom is -0.355 e. The highest BCUT2D eigenvalue weighted by Crippen LogP contribution is 1.94. The quantitative estimate of drug-likeness (QED) is 0.676. The summed E-state index contributed by atoms with van der Waals surface area (Å²) in [5, 5.41) is 9.10. The van der Waals surface area contributed by atoms with Crippen LogP contribution in [0.4, 0.5) is 5.82 Å². The summed E-state index contributed by atoms with van der Waals surface area (Å²) in [6.07, 6.45) is 0. The van der Waals surface area contributed by atoms with E-state index in [0.717, 1.165) is 9.25 Å². The molecule has 0 radical (unpaired) electrons. The molecule has 0 aliphatic rings.